The summed E-state index contributed by atoms with van der Waals surface area (Å²) in [5.74, 6) is 0. The molecule has 0 saturated carbocycles. The summed E-state index contributed by atoms with van der Waals surface area (Å²) in [4.78, 5) is 4.32. The van der Waals surface area contributed by atoms with Crippen molar-refractivity contribution in [1.82, 2.24) is 0 Å². The van der Waals surface area contributed by atoms with E-state index >= 15 is 0 Å². The van der Waals surface area contributed by atoms with E-state index in [0.29, 0.717) is 6.54 Å². The van der Waals surface area contributed by atoms with Crippen molar-refractivity contribution in [1.29, 1.82) is 0 Å². The summed E-state index contributed by atoms with van der Waals surface area (Å²) in [5, 5.41) is 0. The smallest absolute Gasteiger partial charge is 0.0639 e. The molecule has 1 nitrogen and oxygen atoms in total. The quantitative estimate of drug-likeness (QED) is 0.462. The van der Waals surface area contributed by atoms with Crippen LogP contribution in [-0.4, -0.2) is 12.8 Å². The van der Waals surface area contributed by atoms with E-state index in [1.54, 1.807) is 6.08 Å². The van der Waals surface area contributed by atoms with Gasteiger partial charge >= 0.3 is 0 Å². The second-order valence-electron chi connectivity index (χ2n) is 2.98. The van der Waals surface area contributed by atoms with E-state index in [1.165, 1.54) is 11.1 Å². The van der Waals surface area contributed by atoms with Gasteiger partial charge in [-0.25, -0.2) is 0 Å². The Morgan fingerprint density at radius 1 is 1.36 bits per heavy atom. The van der Waals surface area contributed by atoms with E-state index < -0.39 is 0 Å². The first-order valence-corrected chi connectivity index (χ1v) is 4.81. The van der Waals surface area contributed by atoms with Crippen molar-refractivity contribution in [3.63, 3.8) is 0 Å². The van der Waals surface area contributed by atoms with Crippen molar-refractivity contribution < 1.29 is 0 Å². The largest absolute Gasteiger partial charge is 0.288 e. The summed E-state index contributed by atoms with van der Waals surface area (Å²) < 4.78 is 0. The highest BCUT2D eigenvalue weighted by molar-refractivity contribution is 5.77. The van der Waals surface area contributed by atoms with E-state index in [1.807, 2.05) is 51.3 Å². The van der Waals surface area contributed by atoms with Gasteiger partial charge in [-0.3, -0.25) is 4.99 Å². The summed E-state index contributed by atoms with van der Waals surface area (Å²) in [6, 6.07) is 0. The third-order valence-corrected chi connectivity index (χ3v) is 1.74. The Kier molecular flexibility index (Phi) is 7.43. The zero-order chi connectivity index (χ0) is 10.8. The highest BCUT2D eigenvalue weighted by Gasteiger charge is 1.87. The average Bonchev–Trinajstić information content (AvgIpc) is 2.18. The molecule has 14 heavy (non-hydrogen) atoms. The minimum absolute atomic E-state index is 0.710. The number of allylic oxidation sites excluding steroid dienone is 5. The first-order chi connectivity index (χ1) is 6.74. The Morgan fingerprint density at radius 2 is 2.07 bits per heavy atom. The minimum atomic E-state index is 0.710. The number of aliphatic imine (C=N–C) groups is 1. The maximum absolute atomic E-state index is 4.32. The zero-order valence-corrected chi connectivity index (χ0v) is 9.33. The Bertz CT molecular complexity index is 278. The van der Waals surface area contributed by atoms with Crippen molar-refractivity contribution in [2.75, 3.05) is 6.54 Å². The molecule has 0 aliphatic heterocycles. The minimum Gasteiger partial charge on any atom is -0.288 e. The first-order valence-electron chi connectivity index (χ1n) is 4.81. The van der Waals surface area contributed by atoms with Gasteiger partial charge in [-0.1, -0.05) is 37.0 Å². The molecule has 76 valence electrons. The molecule has 0 spiro atoms. The Hall–Kier alpha value is -1.37. The molecule has 0 aliphatic rings. The third-order valence-electron chi connectivity index (χ3n) is 1.74. The predicted octanol–water partition coefficient (Wildman–Crippen LogP) is 3.71. The Morgan fingerprint density at radius 3 is 2.57 bits per heavy atom. The topological polar surface area (TPSA) is 12.4 Å². The van der Waals surface area contributed by atoms with E-state index in [-0.39, 0.29) is 0 Å². The fourth-order valence-electron chi connectivity index (χ4n) is 0.896. The molecule has 0 heterocycles. The van der Waals surface area contributed by atoms with Crippen LogP contribution in [0.5, 0.6) is 0 Å². The van der Waals surface area contributed by atoms with E-state index in [0.717, 1.165) is 0 Å². The molecule has 0 aromatic heterocycles. The van der Waals surface area contributed by atoms with E-state index in [9.17, 15) is 0 Å². The molecule has 0 aliphatic carbocycles. The zero-order valence-electron chi connectivity index (χ0n) is 9.33. The van der Waals surface area contributed by atoms with Crippen molar-refractivity contribution >= 4 is 6.21 Å². The van der Waals surface area contributed by atoms with Crippen LogP contribution < -0.4 is 0 Å². The second-order valence-corrected chi connectivity index (χ2v) is 2.98. The summed E-state index contributed by atoms with van der Waals surface area (Å²) in [6.45, 7) is 10.4. The molecule has 0 unspecified atom stereocenters. The molecular formula is C13H19N. The van der Waals surface area contributed by atoms with E-state index in [4.69, 9.17) is 0 Å². The lowest BCUT2D eigenvalue weighted by Crippen LogP contribution is -1.86. The van der Waals surface area contributed by atoms with Gasteiger partial charge in [-0.2, -0.15) is 0 Å². The fourth-order valence-corrected chi connectivity index (χ4v) is 0.896. The van der Waals surface area contributed by atoms with Gasteiger partial charge in [0, 0.05) is 6.21 Å². The SMILES string of the molecule is C=C/C=C(\C=C/C)C/N=C/C(C)=C/C. The Labute approximate surface area is 87.3 Å². The van der Waals surface area contributed by atoms with Gasteiger partial charge in [0.15, 0.2) is 0 Å². The molecule has 0 saturated heterocycles. The lowest BCUT2D eigenvalue weighted by molar-refractivity contribution is 1.19. The maximum atomic E-state index is 4.32. The van der Waals surface area contributed by atoms with Crippen LogP contribution in [-0.2, 0) is 0 Å². The maximum Gasteiger partial charge on any atom is 0.0639 e. The lowest BCUT2D eigenvalue weighted by Gasteiger charge is -1.95. The van der Waals surface area contributed by atoms with Crippen molar-refractivity contribution in [2.24, 2.45) is 4.99 Å². The van der Waals surface area contributed by atoms with Gasteiger partial charge in [0.1, 0.15) is 0 Å². The average molecular weight is 189 g/mol. The van der Waals surface area contributed by atoms with Crippen LogP contribution >= 0.6 is 0 Å². The molecule has 0 atom stereocenters. The molecule has 0 fully saturated rings. The van der Waals surface area contributed by atoms with Crippen LogP contribution in [0.3, 0.4) is 0 Å². The molecular weight excluding hydrogens is 170 g/mol. The summed E-state index contributed by atoms with van der Waals surface area (Å²) in [7, 11) is 0. The molecule has 0 amide bonds. The standard InChI is InChI=1S/C13H19N/c1-5-8-13(9-6-2)11-14-10-12(4)7-3/h5-10H,1,11H2,2-4H3/b9-6-,12-7+,13-8+,14-10+. The molecule has 0 rings (SSSR count). The normalized spacial score (nSPS) is 14.2. The van der Waals surface area contributed by atoms with Gasteiger partial charge in [0.25, 0.3) is 0 Å². The molecule has 0 aromatic rings. The number of hydrogen-bond acceptors (Lipinski definition) is 1. The molecule has 0 aromatic carbocycles. The van der Waals surface area contributed by atoms with Gasteiger partial charge < -0.3 is 0 Å². The highest BCUT2D eigenvalue weighted by atomic mass is 14.7. The van der Waals surface area contributed by atoms with Crippen LogP contribution in [0.25, 0.3) is 0 Å². The number of hydrogen-bond donors (Lipinski definition) is 0. The van der Waals surface area contributed by atoms with Gasteiger partial charge in [-0.15, -0.1) is 0 Å². The van der Waals surface area contributed by atoms with Crippen LogP contribution in [0.4, 0.5) is 0 Å². The Balaban J connectivity index is 4.27. The molecule has 0 radical (unpaired) electrons. The fraction of sp³-hybridized carbons (Fsp3) is 0.308. The van der Waals surface area contributed by atoms with Crippen LogP contribution in [0.1, 0.15) is 20.8 Å². The molecule has 0 bridgehead atoms. The summed E-state index contributed by atoms with van der Waals surface area (Å²) in [5.41, 5.74) is 2.35. The number of nitrogens with zero attached hydrogens (tertiary/aromatic N) is 1. The monoisotopic (exact) mass is 189 g/mol. The molecule has 0 N–H and O–H groups in total. The second kappa shape index (κ2) is 8.24. The van der Waals surface area contributed by atoms with Crippen molar-refractivity contribution in [3.05, 3.63) is 48.1 Å². The van der Waals surface area contributed by atoms with Crippen LogP contribution in [0, 0.1) is 0 Å². The van der Waals surface area contributed by atoms with Crippen molar-refractivity contribution in [2.45, 2.75) is 20.8 Å². The summed E-state index contributed by atoms with van der Waals surface area (Å²) >= 11 is 0. The van der Waals surface area contributed by atoms with Gasteiger partial charge in [-0.05, 0) is 31.9 Å². The predicted molar refractivity (Wildman–Crippen MR) is 65.9 cm³/mol. The lowest BCUT2D eigenvalue weighted by atomic mass is 10.2. The number of rotatable bonds is 5. The third kappa shape index (κ3) is 6.18. The van der Waals surface area contributed by atoms with Gasteiger partial charge in [0.05, 0.1) is 6.54 Å². The highest BCUT2D eigenvalue weighted by Crippen LogP contribution is 1.98. The van der Waals surface area contributed by atoms with Crippen LogP contribution in [0.15, 0.2) is 53.1 Å². The molecule has 1 heteroatoms. The summed E-state index contributed by atoms with van der Waals surface area (Å²) in [6.07, 6.45) is 11.7. The van der Waals surface area contributed by atoms with Crippen LogP contribution in [0.2, 0.25) is 0 Å². The van der Waals surface area contributed by atoms with Crippen molar-refractivity contribution in [3.8, 4) is 0 Å². The van der Waals surface area contributed by atoms with Gasteiger partial charge in [0.2, 0.25) is 0 Å². The van der Waals surface area contributed by atoms with E-state index in [2.05, 4.69) is 11.6 Å². The first kappa shape index (κ1) is 12.6.